The number of aromatic nitrogens is 1. The fourth-order valence-electron chi connectivity index (χ4n) is 3.41. The monoisotopic (exact) mass is 526 g/mol. The van der Waals surface area contributed by atoms with Crippen molar-refractivity contribution in [2.45, 2.75) is 20.4 Å². The second kappa shape index (κ2) is 9.40. The summed E-state index contributed by atoms with van der Waals surface area (Å²) in [6, 6.07) is 19.2. The molecule has 0 aliphatic heterocycles. The molecular weight excluding hydrogens is 508 g/mol. The number of nitrogens with one attached hydrogen (secondary N) is 1. The van der Waals surface area contributed by atoms with E-state index in [-0.39, 0.29) is 11.0 Å². The molecule has 8 heteroatoms. The summed E-state index contributed by atoms with van der Waals surface area (Å²) in [6.07, 6.45) is 0. The summed E-state index contributed by atoms with van der Waals surface area (Å²) in [5.41, 5.74) is 5.24. The zero-order valence-corrected chi connectivity index (χ0v) is 20.6. The number of nitrogens with zero attached hydrogens (tertiary/aromatic N) is 3. The summed E-state index contributed by atoms with van der Waals surface area (Å²) < 4.78 is 2.63. The van der Waals surface area contributed by atoms with Crippen LogP contribution in [0.2, 0.25) is 5.02 Å². The smallest absolute Gasteiger partial charge is 0.221 e. The summed E-state index contributed by atoms with van der Waals surface area (Å²) in [4.78, 5) is 0. The Morgan fingerprint density at radius 2 is 1.88 bits per heavy atom. The van der Waals surface area contributed by atoms with Gasteiger partial charge in [-0.1, -0.05) is 51.8 Å². The van der Waals surface area contributed by atoms with E-state index in [2.05, 4.69) is 38.4 Å². The van der Waals surface area contributed by atoms with Crippen LogP contribution >= 0.6 is 39.7 Å². The van der Waals surface area contributed by atoms with E-state index in [0.717, 1.165) is 32.2 Å². The normalized spacial score (nSPS) is 11.4. The first-order valence-corrected chi connectivity index (χ1v) is 11.5. The molecule has 0 saturated carbocycles. The van der Waals surface area contributed by atoms with Crippen LogP contribution in [-0.2, 0) is 6.54 Å². The molecule has 0 saturated heterocycles. The highest BCUT2D eigenvalue weighted by atomic mass is 79.9. The summed E-state index contributed by atoms with van der Waals surface area (Å²) in [7, 11) is 0. The molecule has 0 bridgehead atoms. The molecule has 0 radical (unpaired) electrons. The van der Waals surface area contributed by atoms with Gasteiger partial charge in [-0.2, -0.15) is 0 Å². The Balaban J connectivity index is 1.68. The van der Waals surface area contributed by atoms with Crippen LogP contribution in [0.3, 0.4) is 0 Å². The number of benzene rings is 3. The molecule has 0 atom stereocenters. The predicted octanol–water partition coefficient (Wildman–Crippen LogP) is 7.91. The van der Waals surface area contributed by atoms with Gasteiger partial charge in [-0.25, -0.2) is 0 Å². The third kappa shape index (κ3) is 4.70. The molecule has 32 heavy (non-hydrogen) atoms. The van der Waals surface area contributed by atoms with Crippen molar-refractivity contribution in [2.24, 2.45) is 10.2 Å². The Hall–Kier alpha value is -2.74. The predicted molar refractivity (Wildman–Crippen MR) is 139 cm³/mol. The van der Waals surface area contributed by atoms with E-state index in [1.807, 2.05) is 67.6 Å². The Morgan fingerprint density at radius 3 is 2.62 bits per heavy atom. The molecule has 4 aromatic rings. The van der Waals surface area contributed by atoms with Crippen LogP contribution in [0.5, 0.6) is 5.88 Å². The SMILES string of the molecule is Cc1ccc(NC(=S)N=Nc2c(O)n(Cc3ccccc3Cl)c3ccc(Br)cc23)cc1C. The van der Waals surface area contributed by atoms with Crippen LogP contribution in [0.15, 0.2) is 75.4 Å². The molecule has 3 aromatic carbocycles. The van der Waals surface area contributed by atoms with Gasteiger partial charge < -0.3 is 15.0 Å². The first kappa shape index (κ1) is 22.5. The summed E-state index contributed by atoms with van der Waals surface area (Å²) in [6.45, 7) is 4.48. The number of hydrogen-bond donors (Lipinski definition) is 2. The molecule has 4 rings (SSSR count). The maximum atomic E-state index is 11.0. The maximum Gasteiger partial charge on any atom is 0.221 e. The number of aromatic hydroxyl groups is 1. The van der Waals surface area contributed by atoms with E-state index in [1.165, 1.54) is 5.56 Å². The second-order valence-electron chi connectivity index (χ2n) is 7.44. The highest BCUT2D eigenvalue weighted by Crippen LogP contribution is 2.41. The summed E-state index contributed by atoms with van der Waals surface area (Å²) in [5.74, 6) is -0.00394. The minimum atomic E-state index is -0.00394. The molecule has 1 heterocycles. The lowest BCUT2D eigenvalue weighted by molar-refractivity contribution is 0.429. The van der Waals surface area contributed by atoms with Crippen molar-refractivity contribution in [3.63, 3.8) is 0 Å². The summed E-state index contributed by atoms with van der Waals surface area (Å²) in [5, 5.41) is 24.1. The fourth-order valence-corrected chi connectivity index (χ4v) is 4.13. The molecule has 0 amide bonds. The van der Waals surface area contributed by atoms with E-state index >= 15 is 0 Å². The lowest BCUT2D eigenvalue weighted by atomic mass is 10.1. The van der Waals surface area contributed by atoms with Crippen molar-refractivity contribution in [3.8, 4) is 5.88 Å². The average Bonchev–Trinajstić information content (AvgIpc) is 3.01. The van der Waals surface area contributed by atoms with Crippen LogP contribution in [0.1, 0.15) is 16.7 Å². The molecule has 162 valence electrons. The van der Waals surface area contributed by atoms with Gasteiger partial charge in [0.05, 0.1) is 12.1 Å². The molecule has 0 unspecified atom stereocenters. The Morgan fingerprint density at radius 1 is 1.09 bits per heavy atom. The number of halogens is 2. The maximum absolute atomic E-state index is 11.0. The Labute approximate surface area is 204 Å². The zero-order chi connectivity index (χ0) is 22.8. The van der Waals surface area contributed by atoms with Crippen molar-refractivity contribution >= 4 is 67.1 Å². The van der Waals surface area contributed by atoms with Gasteiger partial charge in [0.25, 0.3) is 0 Å². The van der Waals surface area contributed by atoms with Crippen molar-refractivity contribution in [1.29, 1.82) is 0 Å². The van der Waals surface area contributed by atoms with Gasteiger partial charge in [-0.05, 0) is 79.2 Å². The molecule has 0 aliphatic rings. The van der Waals surface area contributed by atoms with Gasteiger partial charge in [0, 0.05) is 20.6 Å². The number of aryl methyl sites for hydroxylation is 2. The number of fused-ring (bicyclic) bond motifs is 1. The van der Waals surface area contributed by atoms with Gasteiger partial charge in [0.1, 0.15) is 0 Å². The fraction of sp³-hybridized carbons (Fsp3) is 0.125. The van der Waals surface area contributed by atoms with Crippen LogP contribution < -0.4 is 5.32 Å². The standard InChI is InChI=1S/C24H20BrClN4OS/c1-14-7-9-18(11-15(14)2)27-24(32)29-28-22-19-12-17(25)8-10-21(19)30(23(22)31)13-16-5-3-4-6-20(16)26/h3-12,31H,13H2,1-2H3,(H,27,32). The summed E-state index contributed by atoms with van der Waals surface area (Å²) >= 11 is 15.2. The first-order valence-electron chi connectivity index (χ1n) is 9.87. The Bertz CT molecular complexity index is 1370. The number of hydrogen-bond acceptors (Lipinski definition) is 3. The van der Waals surface area contributed by atoms with Crippen LogP contribution in [0.25, 0.3) is 10.9 Å². The van der Waals surface area contributed by atoms with Crippen LogP contribution in [0, 0.1) is 13.8 Å². The Kier molecular flexibility index (Phi) is 6.60. The van der Waals surface area contributed by atoms with E-state index < -0.39 is 0 Å². The highest BCUT2D eigenvalue weighted by molar-refractivity contribution is 9.10. The molecule has 2 N–H and O–H groups in total. The molecule has 0 aliphatic carbocycles. The second-order valence-corrected chi connectivity index (χ2v) is 9.15. The quantitative estimate of drug-likeness (QED) is 0.209. The molecule has 0 fully saturated rings. The van der Waals surface area contributed by atoms with Gasteiger partial charge in [0.15, 0.2) is 5.69 Å². The van der Waals surface area contributed by atoms with Gasteiger partial charge in [0.2, 0.25) is 11.0 Å². The van der Waals surface area contributed by atoms with E-state index in [0.29, 0.717) is 17.3 Å². The molecule has 5 nitrogen and oxygen atoms in total. The lowest BCUT2D eigenvalue weighted by Gasteiger charge is -2.08. The van der Waals surface area contributed by atoms with Crippen LogP contribution in [0.4, 0.5) is 11.4 Å². The van der Waals surface area contributed by atoms with E-state index in [4.69, 9.17) is 23.8 Å². The van der Waals surface area contributed by atoms with Crippen molar-refractivity contribution in [3.05, 3.63) is 86.8 Å². The number of azo groups is 1. The number of rotatable bonds is 4. The minimum absolute atomic E-state index is 0.00394. The van der Waals surface area contributed by atoms with E-state index in [1.54, 1.807) is 4.57 Å². The number of anilines is 1. The zero-order valence-electron chi connectivity index (χ0n) is 17.4. The lowest BCUT2D eigenvalue weighted by Crippen LogP contribution is -2.05. The minimum Gasteiger partial charge on any atom is -0.493 e. The number of thiocarbonyl (C=S) groups is 1. The third-order valence-electron chi connectivity index (χ3n) is 5.26. The topological polar surface area (TPSA) is 61.9 Å². The highest BCUT2D eigenvalue weighted by Gasteiger charge is 2.18. The van der Waals surface area contributed by atoms with Gasteiger partial charge in [-0.15, -0.1) is 10.2 Å². The van der Waals surface area contributed by atoms with Gasteiger partial charge in [-0.3, -0.25) is 0 Å². The van der Waals surface area contributed by atoms with Gasteiger partial charge >= 0.3 is 0 Å². The first-order chi connectivity index (χ1) is 15.3. The van der Waals surface area contributed by atoms with Crippen LogP contribution in [-0.4, -0.2) is 14.8 Å². The molecular formula is C24H20BrClN4OS. The largest absolute Gasteiger partial charge is 0.493 e. The third-order valence-corrected chi connectivity index (χ3v) is 6.30. The average molecular weight is 528 g/mol. The van der Waals surface area contributed by atoms with Crippen molar-refractivity contribution < 1.29 is 5.11 Å². The van der Waals surface area contributed by atoms with Crippen molar-refractivity contribution in [2.75, 3.05) is 5.32 Å². The molecule has 0 spiro atoms. The molecule has 1 aromatic heterocycles. The van der Waals surface area contributed by atoms with Crippen molar-refractivity contribution in [1.82, 2.24) is 4.57 Å². The van der Waals surface area contributed by atoms with E-state index in [9.17, 15) is 5.11 Å².